The van der Waals surface area contributed by atoms with Crippen molar-refractivity contribution in [3.8, 4) is 5.75 Å². The Morgan fingerprint density at radius 3 is 2.47 bits per heavy atom. The summed E-state index contributed by atoms with van der Waals surface area (Å²) in [6.45, 7) is 3.26. The van der Waals surface area contributed by atoms with Crippen LogP contribution in [0.15, 0.2) is 18.2 Å². The van der Waals surface area contributed by atoms with Gasteiger partial charge in [0.1, 0.15) is 5.75 Å². The minimum atomic E-state index is -3.13. The number of nitrogens with two attached hydrogens (primary N) is 1. The molecule has 4 nitrogen and oxygen atoms in total. The molecule has 0 spiro atoms. The van der Waals surface area contributed by atoms with Gasteiger partial charge in [0.05, 0.1) is 16.7 Å². The molecule has 0 aromatic heterocycles. The van der Waals surface area contributed by atoms with Crippen molar-refractivity contribution in [2.24, 2.45) is 0 Å². The molecule has 0 aliphatic heterocycles. The normalized spacial score (nSPS) is 11.9. The molecule has 0 fully saturated rings. The highest BCUT2D eigenvalue weighted by Gasteiger charge is 2.17. The molecule has 3 N–H and O–H groups in total. The van der Waals surface area contributed by atoms with Gasteiger partial charge in [0.2, 0.25) is 0 Å². The number of anilines is 1. The predicted octanol–water partition coefficient (Wildman–Crippen LogP) is 1.30. The molecule has 0 atom stereocenters. The Kier molecular flexibility index (Phi) is 3.24. The molecule has 0 unspecified atom stereocenters. The number of hydrogen-bond acceptors (Lipinski definition) is 4. The topological polar surface area (TPSA) is 80.4 Å². The van der Waals surface area contributed by atoms with Crippen LogP contribution in [0.2, 0.25) is 0 Å². The molecule has 84 valence electrons. The molecular weight excluding hydrogens is 214 g/mol. The van der Waals surface area contributed by atoms with Crippen molar-refractivity contribution >= 4 is 15.5 Å². The second-order valence-electron chi connectivity index (χ2n) is 3.75. The summed E-state index contributed by atoms with van der Waals surface area (Å²) in [4.78, 5) is 0. The third-order valence-corrected chi connectivity index (χ3v) is 4.35. The van der Waals surface area contributed by atoms with Gasteiger partial charge in [-0.25, -0.2) is 8.42 Å². The summed E-state index contributed by atoms with van der Waals surface area (Å²) in [7, 11) is -3.13. The summed E-state index contributed by atoms with van der Waals surface area (Å²) in [5.74, 6) is -0.148. The Morgan fingerprint density at radius 2 is 2.00 bits per heavy atom. The molecule has 0 amide bonds. The molecule has 0 saturated carbocycles. The van der Waals surface area contributed by atoms with Crippen LogP contribution in [0.5, 0.6) is 5.75 Å². The van der Waals surface area contributed by atoms with Crippen LogP contribution in [-0.4, -0.2) is 18.8 Å². The molecular formula is C10H15NO3S. The second-order valence-corrected chi connectivity index (χ2v) is 6.31. The molecule has 0 heterocycles. The lowest BCUT2D eigenvalue weighted by atomic mass is 10.2. The minimum absolute atomic E-state index is 0.0709. The van der Waals surface area contributed by atoms with E-state index >= 15 is 0 Å². The molecule has 0 aliphatic rings. The summed E-state index contributed by atoms with van der Waals surface area (Å²) in [5, 5.41) is 8.90. The number of hydrogen-bond donors (Lipinski definition) is 2. The summed E-state index contributed by atoms with van der Waals surface area (Å²) in [5.41, 5.74) is 6.21. The Hall–Kier alpha value is -1.23. The smallest absolute Gasteiger partial charge is 0.156 e. The van der Waals surface area contributed by atoms with Gasteiger partial charge in [0, 0.05) is 0 Å². The van der Waals surface area contributed by atoms with Gasteiger partial charge < -0.3 is 10.8 Å². The number of sulfone groups is 1. The highest BCUT2D eigenvalue weighted by atomic mass is 32.2. The fraction of sp³-hybridized carbons (Fsp3) is 0.400. The SMILES string of the molecule is CC(C)S(=O)(=O)Cc1ccc(N)c(O)c1. The predicted molar refractivity (Wildman–Crippen MR) is 60.3 cm³/mol. The van der Waals surface area contributed by atoms with Crippen molar-refractivity contribution in [1.29, 1.82) is 0 Å². The van der Waals surface area contributed by atoms with Crippen LogP contribution in [0.3, 0.4) is 0 Å². The van der Waals surface area contributed by atoms with Crippen molar-refractivity contribution in [1.82, 2.24) is 0 Å². The monoisotopic (exact) mass is 229 g/mol. The van der Waals surface area contributed by atoms with E-state index in [-0.39, 0.29) is 17.2 Å². The first kappa shape index (κ1) is 11.8. The van der Waals surface area contributed by atoms with Gasteiger partial charge in [0.15, 0.2) is 9.84 Å². The lowest BCUT2D eigenvalue weighted by Crippen LogP contribution is -2.15. The molecule has 0 aliphatic carbocycles. The quantitative estimate of drug-likeness (QED) is 0.604. The Balaban J connectivity index is 2.96. The second kappa shape index (κ2) is 4.10. The fourth-order valence-electron chi connectivity index (χ4n) is 1.08. The van der Waals surface area contributed by atoms with E-state index in [1.165, 1.54) is 12.1 Å². The van der Waals surface area contributed by atoms with E-state index in [2.05, 4.69) is 0 Å². The van der Waals surface area contributed by atoms with Crippen LogP contribution in [0.4, 0.5) is 5.69 Å². The average Bonchev–Trinajstić information content (AvgIpc) is 2.10. The third-order valence-electron chi connectivity index (χ3n) is 2.18. The number of rotatable bonds is 3. The van der Waals surface area contributed by atoms with Gasteiger partial charge in [-0.1, -0.05) is 6.07 Å². The maximum atomic E-state index is 11.6. The fourth-order valence-corrected chi connectivity index (χ4v) is 2.06. The van der Waals surface area contributed by atoms with Crippen LogP contribution in [0.25, 0.3) is 0 Å². The molecule has 1 aromatic carbocycles. The van der Waals surface area contributed by atoms with E-state index < -0.39 is 15.1 Å². The zero-order chi connectivity index (χ0) is 11.6. The van der Waals surface area contributed by atoms with Gasteiger partial charge in [-0.05, 0) is 31.5 Å². The molecule has 0 bridgehead atoms. The average molecular weight is 229 g/mol. The Labute approximate surface area is 89.7 Å². The van der Waals surface area contributed by atoms with E-state index in [0.717, 1.165) is 0 Å². The van der Waals surface area contributed by atoms with Crippen molar-refractivity contribution in [2.75, 3.05) is 5.73 Å². The largest absolute Gasteiger partial charge is 0.506 e. The van der Waals surface area contributed by atoms with Gasteiger partial charge >= 0.3 is 0 Å². The zero-order valence-corrected chi connectivity index (χ0v) is 9.58. The molecule has 1 rings (SSSR count). The van der Waals surface area contributed by atoms with Crippen molar-refractivity contribution in [3.05, 3.63) is 23.8 Å². The number of phenols is 1. The number of nitrogen functional groups attached to an aromatic ring is 1. The van der Waals surface area contributed by atoms with Gasteiger partial charge in [0.25, 0.3) is 0 Å². The maximum Gasteiger partial charge on any atom is 0.156 e. The lowest BCUT2D eigenvalue weighted by molar-refractivity contribution is 0.477. The first-order valence-electron chi connectivity index (χ1n) is 4.62. The van der Waals surface area contributed by atoms with Gasteiger partial charge in [-0.3, -0.25) is 0 Å². The van der Waals surface area contributed by atoms with E-state index in [1.807, 2.05) is 0 Å². The Morgan fingerprint density at radius 1 is 1.40 bits per heavy atom. The summed E-state index contributed by atoms with van der Waals surface area (Å²) >= 11 is 0. The van der Waals surface area contributed by atoms with Gasteiger partial charge in [-0.15, -0.1) is 0 Å². The number of aromatic hydroxyl groups is 1. The number of phenolic OH excluding ortho intramolecular Hbond substituents is 1. The first-order chi connectivity index (χ1) is 6.83. The molecule has 15 heavy (non-hydrogen) atoms. The standard InChI is InChI=1S/C10H15NO3S/c1-7(2)15(13,14)6-8-3-4-9(11)10(12)5-8/h3-5,7,12H,6,11H2,1-2H3. The Bertz CT molecular complexity index is 452. The summed E-state index contributed by atoms with van der Waals surface area (Å²) in [6.07, 6.45) is 0. The van der Waals surface area contributed by atoms with E-state index in [0.29, 0.717) is 5.56 Å². The maximum absolute atomic E-state index is 11.6. The third kappa shape index (κ3) is 2.86. The molecule has 0 saturated heterocycles. The summed E-state index contributed by atoms with van der Waals surface area (Å²) < 4.78 is 23.2. The first-order valence-corrected chi connectivity index (χ1v) is 6.33. The van der Waals surface area contributed by atoms with Crippen molar-refractivity contribution < 1.29 is 13.5 Å². The van der Waals surface area contributed by atoms with Crippen LogP contribution < -0.4 is 5.73 Å². The van der Waals surface area contributed by atoms with Crippen LogP contribution in [-0.2, 0) is 15.6 Å². The molecule has 0 radical (unpaired) electrons. The van der Waals surface area contributed by atoms with Crippen LogP contribution >= 0.6 is 0 Å². The summed E-state index contributed by atoms with van der Waals surface area (Å²) in [6, 6.07) is 4.49. The van der Waals surface area contributed by atoms with E-state index in [1.54, 1.807) is 19.9 Å². The van der Waals surface area contributed by atoms with Crippen molar-refractivity contribution in [3.63, 3.8) is 0 Å². The van der Waals surface area contributed by atoms with E-state index in [9.17, 15) is 13.5 Å². The van der Waals surface area contributed by atoms with Gasteiger partial charge in [-0.2, -0.15) is 0 Å². The zero-order valence-electron chi connectivity index (χ0n) is 8.77. The van der Waals surface area contributed by atoms with Crippen molar-refractivity contribution in [2.45, 2.75) is 24.9 Å². The molecule has 5 heteroatoms. The number of benzene rings is 1. The van der Waals surface area contributed by atoms with Crippen LogP contribution in [0, 0.1) is 0 Å². The van der Waals surface area contributed by atoms with Crippen LogP contribution in [0.1, 0.15) is 19.4 Å². The highest BCUT2D eigenvalue weighted by molar-refractivity contribution is 7.91. The minimum Gasteiger partial charge on any atom is -0.506 e. The van der Waals surface area contributed by atoms with E-state index in [4.69, 9.17) is 5.73 Å². The lowest BCUT2D eigenvalue weighted by Gasteiger charge is -2.08. The highest BCUT2D eigenvalue weighted by Crippen LogP contribution is 2.22. The molecule has 1 aromatic rings.